The molecule has 1 aromatic heterocycles. The summed E-state index contributed by atoms with van der Waals surface area (Å²) in [4.78, 5) is 11.1. The maximum Gasteiger partial charge on any atom is 0.416 e. The summed E-state index contributed by atoms with van der Waals surface area (Å²) in [5, 5.41) is 2.73. The molecule has 2 aromatic rings. The molecule has 0 aliphatic heterocycles. The van der Waals surface area contributed by atoms with Gasteiger partial charge in [-0.3, -0.25) is 0 Å². The Labute approximate surface area is 107 Å². The van der Waals surface area contributed by atoms with Crippen LogP contribution in [0.2, 0.25) is 0 Å². The third-order valence-electron chi connectivity index (χ3n) is 1.92. The van der Waals surface area contributed by atoms with Gasteiger partial charge in [-0.2, -0.15) is 18.2 Å². The van der Waals surface area contributed by atoms with Crippen LogP contribution in [0.25, 0.3) is 0 Å². The van der Waals surface area contributed by atoms with E-state index in [9.17, 15) is 13.2 Å². The lowest BCUT2D eigenvalue weighted by molar-refractivity contribution is -0.137. The van der Waals surface area contributed by atoms with Crippen molar-refractivity contribution in [1.82, 2.24) is 15.0 Å². The number of halogens is 3. The summed E-state index contributed by atoms with van der Waals surface area (Å²) in [6.45, 7) is 0. The molecule has 0 radical (unpaired) electrons. The molecule has 3 N–H and O–H groups in total. The highest BCUT2D eigenvalue weighted by molar-refractivity contribution is 5.27. The number of alkyl halides is 3. The Morgan fingerprint density at radius 3 is 2.11 bits per heavy atom. The van der Waals surface area contributed by atoms with Gasteiger partial charge in [-0.25, -0.2) is 9.97 Å². The Morgan fingerprint density at radius 1 is 1.11 bits per heavy atom. The van der Waals surface area contributed by atoms with E-state index in [2.05, 4.69) is 20.3 Å². The van der Waals surface area contributed by atoms with E-state index >= 15 is 0 Å². The van der Waals surface area contributed by atoms with Gasteiger partial charge in [-0.15, -0.1) is 0 Å². The van der Waals surface area contributed by atoms with Crippen LogP contribution in [0.1, 0.15) is 5.56 Å². The smallest absolute Gasteiger partial charge is 0.368 e. The summed E-state index contributed by atoms with van der Waals surface area (Å²) in [6, 6.07) is 6.36. The molecule has 5 nitrogen and oxygen atoms in total. The number of nitrogens with two attached hydrogens (primary N) is 1. The number of anilines is 2. The standard InChI is InChI=1S/C7H5F3.C4H7N5/c8-7(9,10)6-4-2-1-3-5-6;1-6-4-8-2-7-3(5)9-4/h1-5H;2H,1H3,(H3,5,6,7,8,9). The zero-order valence-corrected chi connectivity index (χ0v) is 10.0. The van der Waals surface area contributed by atoms with Crippen LogP contribution in [-0.4, -0.2) is 22.0 Å². The molecule has 1 aromatic carbocycles. The molecular weight excluding hydrogens is 259 g/mol. The van der Waals surface area contributed by atoms with Crippen molar-refractivity contribution in [3.63, 3.8) is 0 Å². The fourth-order valence-electron chi connectivity index (χ4n) is 1.06. The third-order valence-corrected chi connectivity index (χ3v) is 1.92. The van der Waals surface area contributed by atoms with Crippen LogP contribution in [0, 0.1) is 0 Å². The van der Waals surface area contributed by atoms with Gasteiger partial charge in [0.15, 0.2) is 0 Å². The lowest BCUT2D eigenvalue weighted by Gasteiger charge is -2.03. The zero-order valence-electron chi connectivity index (χ0n) is 10.0. The van der Waals surface area contributed by atoms with Crippen molar-refractivity contribution in [2.45, 2.75) is 6.18 Å². The van der Waals surface area contributed by atoms with Crippen LogP contribution in [-0.2, 0) is 6.18 Å². The highest BCUT2D eigenvalue weighted by Gasteiger charge is 2.29. The molecule has 0 saturated heterocycles. The molecule has 8 heteroatoms. The minimum atomic E-state index is -4.21. The van der Waals surface area contributed by atoms with Crippen molar-refractivity contribution in [1.29, 1.82) is 0 Å². The van der Waals surface area contributed by atoms with Crippen molar-refractivity contribution in [2.75, 3.05) is 18.1 Å². The second-order valence-corrected chi connectivity index (χ2v) is 3.28. The average Bonchev–Trinajstić information content (AvgIpc) is 2.39. The molecule has 0 aliphatic carbocycles. The first-order valence-electron chi connectivity index (χ1n) is 5.18. The molecule has 1 heterocycles. The van der Waals surface area contributed by atoms with Gasteiger partial charge < -0.3 is 11.1 Å². The summed E-state index contributed by atoms with van der Waals surface area (Å²) >= 11 is 0. The highest BCUT2D eigenvalue weighted by Crippen LogP contribution is 2.28. The molecule has 0 fully saturated rings. The monoisotopic (exact) mass is 271 g/mol. The minimum Gasteiger partial charge on any atom is -0.368 e. The average molecular weight is 271 g/mol. The Hall–Kier alpha value is -2.38. The number of hydrogen-bond donors (Lipinski definition) is 2. The molecule has 102 valence electrons. The second kappa shape index (κ2) is 6.53. The minimum absolute atomic E-state index is 0.231. The summed E-state index contributed by atoms with van der Waals surface area (Å²) in [5.41, 5.74) is 4.63. The first kappa shape index (κ1) is 14.7. The number of benzene rings is 1. The normalized spacial score (nSPS) is 10.3. The third kappa shape index (κ3) is 5.19. The van der Waals surface area contributed by atoms with Crippen molar-refractivity contribution in [3.05, 3.63) is 42.2 Å². The Morgan fingerprint density at radius 2 is 1.74 bits per heavy atom. The van der Waals surface area contributed by atoms with Gasteiger partial charge in [0.2, 0.25) is 11.9 Å². The summed E-state index contributed by atoms with van der Waals surface area (Å²) < 4.78 is 35.4. The Balaban J connectivity index is 0.000000191. The molecule has 0 atom stereocenters. The Bertz CT molecular complexity index is 501. The molecule has 0 aliphatic rings. The molecular formula is C11H12F3N5. The zero-order chi connectivity index (χ0) is 14.3. The number of aromatic nitrogens is 3. The van der Waals surface area contributed by atoms with Crippen LogP contribution in [0.5, 0.6) is 0 Å². The van der Waals surface area contributed by atoms with Gasteiger partial charge in [0.1, 0.15) is 6.33 Å². The van der Waals surface area contributed by atoms with E-state index in [4.69, 9.17) is 5.73 Å². The largest absolute Gasteiger partial charge is 0.416 e. The molecule has 0 amide bonds. The maximum absolute atomic E-state index is 11.8. The molecule has 0 saturated carbocycles. The van der Waals surface area contributed by atoms with E-state index < -0.39 is 11.7 Å². The van der Waals surface area contributed by atoms with Gasteiger partial charge in [0.25, 0.3) is 0 Å². The van der Waals surface area contributed by atoms with Crippen molar-refractivity contribution in [3.8, 4) is 0 Å². The van der Waals surface area contributed by atoms with Crippen LogP contribution >= 0.6 is 0 Å². The lowest BCUT2D eigenvalue weighted by Crippen LogP contribution is -2.03. The second-order valence-electron chi connectivity index (χ2n) is 3.28. The fourth-order valence-corrected chi connectivity index (χ4v) is 1.06. The fraction of sp³-hybridized carbons (Fsp3) is 0.182. The van der Waals surface area contributed by atoms with E-state index in [0.717, 1.165) is 12.1 Å². The van der Waals surface area contributed by atoms with E-state index in [0.29, 0.717) is 5.95 Å². The van der Waals surface area contributed by atoms with E-state index in [-0.39, 0.29) is 5.95 Å². The van der Waals surface area contributed by atoms with Crippen molar-refractivity contribution in [2.24, 2.45) is 0 Å². The first-order valence-corrected chi connectivity index (χ1v) is 5.18. The van der Waals surface area contributed by atoms with Crippen LogP contribution in [0.15, 0.2) is 36.7 Å². The first-order chi connectivity index (χ1) is 8.93. The molecule has 0 spiro atoms. The van der Waals surface area contributed by atoms with Crippen LogP contribution < -0.4 is 11.1 Å². The quantitative estimate of drug-likeness (QED) is 0.831. The number of rotatable bonds is 1. The number of nitrogens with one attached hydrogen (secondary N) is 1. The van der Waals surface area contributed by atoms with Crippen LogP contribution in [0.3, 0.4) is 0 Å². The van der Waals surface area contributed by atoms with E-state index in [1.165, 1.54) is 18.5 Å². The molecule has 2 rings (SSSR count). The van der Waals surface area contributed by atoms with Gasteiger partial charge in [-0.05, 0) is 0 Å². The predicted octanol–water partition coefficient (Wildman–Crippen LogP) is 2.20. The molecule has 0 unspecified atom stereocenters. The van der Waals surface area contributed by atoms with Gasteiger partial charge in [0.05, 0.1) is 5.56 Å². The summed E-state index contributed by atoms with van der Waals surface area (Å²) in [6.07, 6.45) is -2.85. The number of nitrogens with zero attached hydrogens (tertiary/aromatic N) is 3. The van der Waals surface area contributed by atoms with E-state index in [1.807, 2.05) is 0 Å². The van der Waals surface area contributed by atoms with Crippen molar-refractivity contribution >= 4 is 11.9 Å². The van der Waals surface area contributed by atoms with Gasteiger partial charge in [-0.1, -0.05) is 30.3 Å². The molecule has 0 bridgehead atoms. The SMILES string of the molecule is CNc1ncnc(N)n1.FC(F)(F)c1ccccc1. The lowest BCUT2D eigenvalue weighted by atomic mass is 10.2. The van der Waals surface area contributed by atoms with Crippen molar-refractivity contribution < 1.29 is 13.2 Å². The van der Waals surface area contributed by atoms with E-state index in [1.54, 1.807) is 13.1 Å². The van der Waals surface area contributed by atoms with Gasteiger partial charge >= 0.3 is 6.18 Å². The Kier molecular flexibility index (Phi) is 5.04. The topological polar surface area (TPSA) is 76.7 Å². The van der Waals surface area contributed by atoms with Gasteiger partial charge in [0, 0.05) is 7.05 Å². The number of hydrogen-bond acceptors (Lipinski definition) is 5. The van der Waals surface area contributed by atoms with Crippen LogP contribution in [0.4, 0.5) is 25.1 Å². The number of nitrogen functional groups attached to an aromatic ring is 1. The maximum atomic E-state index is 11.8. The molecule has 19 heavy (non-hydrogen) atoms. The highest BCUT2D eigenvalue weighted by atomic mass is 19.4. The summed E-state index contributed by atoms with van der Waals surface area (Å²) in [7, 11) is 1.72. The summed E-state index contributed by atoms with van der Waals surface area (Å²) in [5.74, 6) is 0.719. The predicted molar refractivity (Wildman–Crippen MR) is 65.2 cm³/mol.